The first-order valence-electron chi connectivity index (χ1n) is 37.0. The second-order valence-corrected chi connectivity index (χ2v) is 31.6. The predicted octanol–water partition coefficient (Wildman–Crippen LogP) is 14.7. The van der Waals surface area contributed by atoms with Crippen LogP contribution >= 0.6 is 38.2 Å². The van der Waals surface area contributed by atoms with E-state index in [2.05, 4.69) is 31.3 Å². The molecule has 48 nitrogen and oxygen atoms in total. The van der Waals surface area contributed by atoms with Crippen molar-refractivity contribution >= 4 is 173 Å². The van der Waals surface area contributed by atoms with E-state index in [1.807, 2.05) is 0 Å². The molecule has 0 heterocycles. The van der Waals surface area contributed by atoms with Gasteiger partial charge >= 0.3 is 35.8 Å². The molecule has 716 valence electrons. The average Bonchev–Trinajstić information content (AvgIpc) is 0.807. The van der Waals surface area contributed by atoms with Crippen molar-refractivity contribution in [3.8, 4) is 34.5 Å². The number of benzene rings is 12. The quantitative estimate of drug-likeness (QED) is 0.00631. The fourth-order valence-electron chi connectivity index (χ4n) is 9.92. The minimum Gasteiger partial charge on any atom is -0.507 e. The number of rotatable bonds is 25. The van der Waals surface area contributed by atoms with Crippen molar-refractivity contribution in [2.24, 2.45) is 0 Å². The van der Waals surface area contributed by atoms with Gasteiger partial charge in [-0.3, -0.25) is 75.0 Å². The lowest BCUT2D eigenvalue weighted by molar-refractivity contribution is -0.385. The third-order valence-corrected chi connectivity index (χ3v) is 20.1. The molecule has 53 heteroatoms. The van der Waals surface area contributed by atoms with Crippen LogP contribution in [0.4, 0.5) is 68.2 Å². The number of aryl methyl sites for hydroxylation is 1. The Morgan fingerprint density at radius 1 is 0.328 bits per heavy atom. The molecule has 12 rings (SSSR count). The molecule has 1 amide bonds. The molecule has 0 spiro atoms. The number of aromatic hydroxyl groups is 6. The highest BCUT2D eigenvalue weighted by molar-refractivity contribution is 9.09. The fourth-order valence-corrected chi connectivity index (χ4v) is 12.3. The Morgan fingerprint density at radius 2 is 0.577 bits per heavy atom. The number of non-ortho nitro benzene ring substituents is 6. The number of alkyl halides is 1. The van der Waals surface area contributed by atoms with Crippen molar-refractivity contribution in [1.29, 1.82) is 0 Å². The molecule has 0 saturated heterocycles. The summed E-state index contributed by atoms with van der Waals surface area (Å²) in [6.45, 7) is 0.529. The molecule has 12 aromatic rings. The van der Waals surface area contributed by atoms with Crippen LogP contribution in [0.3, 0.4) is 0 Å². The number of carbonyl (C=O) groups is 8. The van der Waals surface area contributed by atoms with Crippen molar-refractivity contribution in [3.05, 3.63) is 371 Å². The van der Waals surface area contributed by atoms with E-state index in [1.165, 1.54) is 152 Å². The van der Waals surface area contributed by atoms with Gasteiger partial charge in [0.05, 0.1) is 39.3 Å². The number of hydrogen-bond donors (Lipinski definition) is 18. The van der Waals surface area contributed by atoms with E-state index in [0.717, 1.165) is 95.7 Å². The van der Waals surface area contributed by atoms with Gasteiger partial charge in [0.1, 0.15) is 67.9 Å². The van der Waals surface area contributed by atoms with Gasteiger partial charge in [-0.25, -0.2) is 45.6 Å². The number of carboxylic acid groups (broad SMARTS) is 6. The van der Waals surface area contributed by atoms with Gasteiger partial charge in [0, 0.05) is 141 Å². The topological polar surface area (TPSA) is 821 Å². The number of nitrogens with one attached hydrogen (secondary N) is 3. The Balaban J connectivity index is 0.000000327. The van der Waals surface area contributed by atoms with Crippen molar-refractivity contribution in [2.75, 3.05) is 44.4 Å². The summed E-state index contributed by atoms with van der Waals surface area (Å²) >= 11 is 8.43. The van der Waals surface area contributed by atoms with E-state index in [4.69, 9.17) is 85.4 Å². The number of aromatic carboxylic acids is 6. The maximum atomic E-state index is 12.2. The first kappa shape index (κ1) is 111. The monoisotopic (exact) mass is 2040 g/mol. The maximum absolute atomic E-state index is 12.2. The molecule has 0 atom stereocenters. The van der Waals surface area contributed by atoms with Crippen molar-refractivity contribution < 1.29 is 146 Å². The van der Waals surface area contributed by atoms with Gasteiger partial charge in [-0.1, -0.05) is 40.2 Å². The van der Waals surface area contributed by atoms with Gasteiger partial charge in [0.25, 0.3) is 64.3 Å². The molecule has 0 radical (unpaired) electrons. The molecule has 0 saturated carbocycles. The zero-order valence-corrected chi connectivity index (χ0v) is 73.8. The Morgan fingerprint density at radius 3 is 0.861 bits per heavy atom. The van der Waals surface area contributed by atoms with Crippen LogP contribution < -0.4 is 32.6 Å². The number of nitrogen functional groups attached to an aromatic ring is 3. The van der Waals surface area contributed by atoms with E-state index in [1.54, 1.807) is 30.3 Å². The van der Waals surface area contributed by atoms with Gasteiger partial charge in [0.15, 0.2) is 0 Å². The molecule has 0 unspecified atom stereocenters. The highest BCUT2D eigenvalue weighted by Crippen LogP contribution is 2.30. The number of phenols is 6. The third kappa shape index (κ3) is 37.3. The summed E-state index contributed by atoms with van der Waals surface area (Å²) in [7, 11) is -2.86. The minimum absolute atomic E-state index is 0.0429. The van der Waals surface area contributed by atoms with Crippen LogP contribution in [0, 0.1) is 60.7 Å². The molecule has 21 N–H and O–H groups in total. The first-order valence-corrected chi connectivity index (χ1v) is 42.3. The number of amides is 1. The lowest BCUT2D eigenvalue weighted by Gasteiger charge is -2.09. The normalized spacial score (nSPS) is 10.1. The lowest BCUT2D eigenvalue weighted by atomic mass is 10.1. The molecule has 0 aromatic heterocycles. The third-order valence-electron chi connectivity index (χ3n) is 16.7. The van der Waals surface area contributed by atoms with E-state index in [0.29, 0.717) is 35.7 Å². The van der Waals surface area contributed by atoms with Gasteiger partial charge in [-0.05, 0) is 193 Å². The summed E-state index contributed by atoms with van der Waals surface area (Å²) in [6.07, 6.45) is 1.53. The summed E-state index contributed by atoms with van der Waals surface area (Å²) in [5.41, 5.74) is 18.0. The number of nitrogens with two attached hydrogens (primary N) is 3. The number of nitro groups is 6. The van der Waals surface area contributed by atoms with Crippen molar-refractivity contribution in [2.45, 2.75) is 22.6 Å². The number of sulfonamides is 1. The van der Waals surface area contributed by atoms with Crippen molar-refractivity contribution in [3.63, 3.8) is 0 Å². The molecule has 0 fully saturated rings. The fraction of sp³-hybridized carbons (Fsp3) is 0.0476. The van der Waals surface area contributed by atoms with Gasteiger partial charge in [-0.15, -0.1) is 0 Å². The summed E-state index contributed by atoms with van der Waals surface area (Å²) in [5.74, 6) is -10.1. The predicted molar refractivity (Wildman–Crippen MR) is 494 cm³/mol. The second-order valence-electron chi connectivity index (χ2n) is 26.2. The van der Waals surface area contributed by atoms with E-state index >= 15 is 0 Å². The SMILES string of the molecule is Nc1ccc(O)c(C(=O)O)c1.Nc1ccc(O)c(C(=O)O)c1.Nc1ccc(O)c(C(=O)O)c1.O=C(Cl)c1ccc([N+](=O)[O-])cc1.O=C(Nc1ccc(O)c(C(=O)O)c1)c1ccc([N+](=O)[O-])cc1.O=C(O)c1cc(NCCc2ccc([N+](=O)[O-])cc2)ccc1O.O=C(O)c1cc(NS(=O)(=O)c2ccc([N+](=O)[O-])cc2)ccc1O.O=[N+]([O-])c1ccc(CCBr)cc1.O=[N+]([O-])c1ccc(S(=O)(=O)Cl)cc1. The first-order chi connectivity index (χ1) is 64.1. The Bertz CT molecular complexity index is 6520. The number of carbonyl (C=O) groups excluding carboxylic acids is 2. The van der Waals surface area contributed by atoms with Crippen molar-refractivity contribution in [1.82, 2.24) is 0 Å². The molecule has 0 aliphatic heterocycles. The summed E-state index contributed by atoms with van der Waals surface area (Å²) in [6, 6.07) is 54.1. The Hall–Kier alpha value is -18.2. The van der Waals surface area contributed by atoms with Crippen LogP contribution in [0.25, 0.3) is 0 Å². The van der Waals surface area contributed by atoms with Crippen LogP contribution in [0.15, 0.2) is 265 Å². The van der Waals surface area contributed by atoms with Crippen LogP contribution in [0.2, 0.25) is 0 Å². The highest BCUT2D eigenvalue weighted by Gasteiger charge is 2.22. The number of hydrogen-bond acceptors (Lipinski definition) is 34. The van der Waals surface area contributed by atoms with Crippen LogP contribution in [0.1, 0.15) is 94.0 Å². The van der Waals surface area contributed by atoms with E-state index in [-0.39, 0.29) is 117 Å². The minimum atomic E-state index is -4.06. The molecule has 12 aromatic carbocycles. The number of halogens is 3. The second kappa shape index (κ2) is 52.6. The number of nitro benzene ring substituents is 6. The van der Waals surface area contributed by atoms with Gasteiger partial charge < -0.3 is 89.1 Å². The van der Waals surface area contributed by atoms with E-state index < -0.39 is 113 Å². The zero-order chi connectivity index (χ0) is 103. The molecule has 0 aliphatic carbocycles. The highest BCUT2D eigenvalue weighted by atomic mass is 79.9. The molecular weight excluding hydrogens is 1970 g/mol. The molecule has 137 heavy (non-hydrogen) atoms. The Kier molecular flexibility index (Phi) is 42.6. The smallest absolute Gasteiger partial charge is 0.339 e. The molecular formula is C84H71BrCl2N12O36S2. The summed E-state index contributed by atoms with van der Waals surface area (Å²) < 4.78 is 47.9. The number of nitrogens with zero attached hydrogens (tertiary/aromatic N) is 6. The van der Waals surface area contributed by atoms with Crippen LogP contribution in [-0.2, 0) is 31.9 Å². The Labute approximate surface area is 786 Å². The van der Waals surface area contributed by atoms with Gasteiger partial charge in [0.2, 0.25) is 0 Å². The summed E-state index contributed by atoms with van der Waals surface area (Å²) in [5, 5.41) is 175. The molecule has 0 bridgehead atoms. The van der Waals surface area contributed by atoms with Gasteiger partial charge in [-0.2, -0.15) is 0 Å². The summed E-state index contributed by atoms with van der Waals surface area (Å²) in [4.78, 5) is 145. The lowest BCUT2D eigenvalue weighted by Crippen LogP contribution is -2.13. The molecule has 0 aliphatic rings. The average molecular weight is 2040 g/mol. The number of carboxylic acids is 6. The van der Waals surface area contributed by atoms with E-state index in [9.17, 15) is 131 Å². The van der Waals surface area contributed by atoms with Crippen LogP contribution in [0.5, 0.6) is 34.5 Å². The number of anilines is 6. The standard InChI is InChI=1S/C15H14N2O5.C14H10N2O6.C13H10N2O7S.C8H8BrNO2.C7H4ClNO3.3C7H7NO3.C6H4ClNO4S/c18-14-6-3-11(9-13(14)15(19)20)16-8-7-10-1-4-12(5-2-10)17(21)22;17-12-6-3-9(7-11(12)14(19)20)15-13(18)8-1-4-10(5-2-8)16(21)22;16-12-6-1-8(7-11(12)13(17)18)14-23(21,22)10-4-2-9(3-5-10)15(19)20;9-6-5-7-1-3-8(4-2-7)10(11)12;8-7(10)5-1-3-6(4-2-5)9(11)12;3*8-4-1-2-6(9)5(3-4)7(10)11;7-13(11,12)6-3-1-5(2-4-6)8(9)10/h1-6,9,16,18H,7-8H2,(H,19,20);1-7,17H,(H,15,18)(H,19,20);1-7,14,16H,(H,17,18);1-4H,5-6H2;1-4H;3*1-3,9H,8H2,(H,10,11);1-4H. The van der Waals surface area contributed by atoms with Crippen LogP contribution in [-0.4, -0.2) is 166 Å². The maximum Gasteiger partial charge on any atom is 0.339 e. The largest absolute Gasteiger partial charge is 0.507 e. The zero-order valence-electron chi connectivity index (χ0n) is 69.1.